The van der Waals surface area contributed by atoms with E-state index in [1.165, 1.54) is 65.7 Å². The molecule has 1 heterocycles. The molecule has 5 aromatic rings. The van der Waals surface area contributed by atoms with Gasteiger partial charge in [-0.2, -0.15) is 35.5 Å². The van der Waals surface area contributed by atoms with E-state index < -0.39 is 20.8 Å². The maximum absolute atomic E-state index is 4.93. The zero-order valence-electron chi connectivity index (χ0n) is 26.7. The molecule has 0 saturated heterocycles. The predicted molar refractivity (Wildman–Crippen MR) is 189 cm³/mol. The first kappa shape index (κ1) is 34.1. The first-order valence-corrected chi connectivity index (χ1v) is 22.5. The van der Waals surface area contributed by atoms with E-state index in [-0.39, 0.29) is 5.41 Å². The van der Waals surface area contributed by atoms with Crippen LogP contribution in [0.25, 0.3) is 33.0 Å². The topological polar surface area (TPSA) is 0 Å². The van der Waals surface area contributed by atoms with Crippen molar-refractivity contribution in [1.29, 1.82) is 0 Å². The molecule has 0 aliphatic carbocycles. The van der Waals surface area contributed by atoms with Gasteiger partial charge >= 0.3 is 37.9 Å². The predicted octanol–water partition coefficient (Wildman–Crippen LogP) is 10.8. The maximum atomic E-state index is 4.93. The summed E-state index contributed by atoms with van der Waals surface area (Å²) < 4.78 is 0. The summed E-state index contributed by atoms with van der Waals surface area (Å²) in [4.78, 5) is 0. The molecule has 1 aliphatic heterocycles. The Labute approximate surface area is 281 Å². The monoisotopic (exact) mass is 698 g/mol. The molecular weight excluding hydrogens is 659 g/mol. The molecule has 5 aromatic carbocycles. The number of hydrogen-bond acceptors (Lipinski definition) is 0. The average Bonchev–Trinajstić information content (AvgIpc) is 3.58. The normalized spacial score (nSPS) is 11.8. The molecule has 0 fully saturated rings. The summed E-state index contributed by atoms with van der Waals surface area (Å²) in [6.07, 6.45) is 1.09. The van der Waals surface area contributed by atoms with Crippen LogP contribution in [0, 0.1) is 6.07 Å². The van der Waals surface area contributed by atoms with Crippen molar-refractivity contribution in [3.63, 3.8) is 0 Å². The molecule has 0 saturated carbocycles. The van der Waals surface area contributed by atoms with Crippen molar-refractivity contribution in [2.45, 2.75) is 79.1 Å². The smallest absolute Gasteiger partial charge is 0.0920 e. The quantitative estimate of drug-likeness (QED) is 0.127. The first-order chi connectivity index (χ1) is 20.5. The summed E-state index contributed by atoms with van der Waals surface area (Å²) in [5, 5.41) is 5.61. The van der Waals surface area contributed by atoms with E-state index in [0.29, 0.717) is 11.8 Å². The van der Waals surface area contributed by atoms with Crippen molar-refractivity contribution in [3.8, 4) is 22.3 Å². The molecule has 1 aliphatic rings. The molecule has 0 aromatic heterocycles. The molecule has 6 rings (SSSR count). The van der Waals surface area contributed by atoms with Gasteiger partial charge in [0, 0.05) is 0 Å². The Morgan fingerprint density at radius 2 is 1.47 bits per heavy atom. The third-order valence-corrected chi connectivity index (χ3v) is 9.47. The van der Waals surface area contributed by atoms with E-state index in [1.54, 1.807) is 0 Å². The summed E-state index contributed by atoms with van der Waals surface area (Å²) in [6, 6.07) is 34.9. The van der Waals surface area contributed by atoms with Gasteiger partial charge in [-0.15, -0.1) is 40.1 Å². The number of rotatable bonds is 4. The van der Waals surface area contributed by atoms with Crippen LogP contribution in [-0.4, -0.2) is 9.52 Å². The summed E-state index contributed by atoms with van der Waals surface area (Å²) in [5.41, 5.74) is 11.5. The van der Waals surface area contributed by atoms with Crippen LogP contribution >= 0.6 is 17.0 Å². The van der Waals surface area contributed by atoms with E-state index in [1.807, 2.05) is 6.07 Å². The van der Waals surface area contributed by atoms with E-state index >= 15 is 0 Å². The van der Waals surface area contributed by atoms with Crippen LogP contribution < -0.4 is 10.4 Å². The Kier molecular flexibility index (Phi) is 11.9. The maximum Gasteiger partial charge on any atom is 0.0920 e. The molecule has 0 N–H and O–H groups in total. The SMILES string of the molecule is CCc1cc2c(-c3cc(C(C)C)cc(C(C)C)c3)c(C(C)(C)C)ccc2[cH-]1.[Cl][Zr+2][Cl].[c-]1cccc2c1[Si]c1ccccc1-2. The Hall–Kier alpha value is -1.83. The van der Waals surface area contributed by atoms with Gasteiger partial charge in [-0.05, 0) is 40.4 Å². The van der Waals surface area contributed by atoms with Gasteiger partial charge in [0.2, 0.25) is 0 Å². The molecule has 2 radical (unpaired) electrons. The van der Waals surface area contributed by atoms with E-state index in [2.05, 4.69) is 140 Å². The number of aryl methyl sites for hydroxylation is 1. The van der Waals surface area contributed by atoms with Gasteiger partial charge in [0.1, 0.15) is 0 Å². The molecule has 43 heavy (non-hydrogen) atoms. The van der Waals surface area contributed by atoms with Gasteiger partial charge in [-0.1, -0.05) is 120 Å². The zero-order chi connectivity index (χ0) is 31.3. The van der Waals surface area contributed by atoms with E-state index in [0.717, 1.165) is 15.9 Å². The van der Waals surface area contributed by atoms with Crippen LogP contribution in [0.15, 0.2) is 84.9 Å². The summed E-state index contributed by atoms with van der Waals surface area (Å²) in [5.74, 6) is 1.07. The molecule has 0 amide bonds. The molecule has 4 heteroatoms. The molecule has 0 nitrogen and oxygen atoms in total. The van der Waals surface area contributed by atoms with Gasteiger partial charge in [0.25, 0.3) is 0 Å². The fraction of sp³-hybridized carbons (Fsp3) is 0.308. The minimum atomic E-state index is -0.826. The molecular formula is C39H42Cl2SiZr. The summed E-state index contributed by atoms with van der Waals surface area (Å²) >= 11 is -0.826. The second kappa shape index (κ2) is 15.0. The van der Waals surface area contributed by atoms with E-state index in [9.17, 15) is 0 Å². The van der Waals surface area contributed by atoms with Crippen LogP contribution in [0.1, 0.15) is 89.5 Å². The van der Waals surface area contributed by atoms with Gasteiger partial charge in [0.05, 0.1) is 9.52 Å². The van der Waals surface area contributed by atoms with Gasteiger partial charge in [-0.3, -0.25) is 0 Å². The minimum absolute atomic E-state index is 0.110. The van der Waals surface area contributed by atoms with Crippen LogP contribution in [-0.2, 0) is 32.7 Å². The summed E-state index contributed by atoms with van der Waals surface area (Å²) in [6.45, 7) is 18.4. The fourth-order valence-electron chi connectivity index (χ4n) is 5.70. The first-order valence-electron chi connectivity index (χ1n) is 15.2. The van der Waals surface area contributed by atoms with Gasteiger partial charge < -0.3 is 0 Å². The van der Waals surface area contributed by atoms with Gasteiger partial charge in [0.15, 0.2) is 0 Å². The summed E-state index contributed by atoms with van der Waals surface area (Å²) in [7, 11) is 10.7. The Balaban J connectivity index is 0.000000217. The molecule has 0 bridgehead atoms. The second-order valence-electron chi connectivity index (χ2n) is 12.9. The number of halogens is 2. The molecule has 220 valence electrons. The van der Waals surface area contributed by atoms with Crippen molar-refractivity contribution in [2.24, 2.45) is 0 Å². The molecule has 0 spiro atoms. The third-order valence-electron chi connectivity index (χ3n) is 8.10. The molecule has 0 unspecified atom stereocenters. The molecule has 0 atom stereocenters. The van der Waals surface area contributed by atoms with Crippen molar-refractivity contribution in [2.75, 3.05) is 0 Å². The van der Waals surface area contributed by atoms with Crippen LogP contribution in [0.3, 0.4) is 0 Å². The van der Waals surface area contributed by atoms with Crippen LogP contribution in [0.4, 0.5) is 0 Å². The number of hydrogen-bond donors (Lipinski definition) is 0. The third kappa shape index (κ3) is 8.07. The largest absolute Gasteiger partial charge is 0.184 e. The van der Waals surface area contributed by atoms with Crippen molar-refractivity contribution in [3.05, 3.63) is 113 Å². The zero-order valence-corrected chi connectivity index (χ0v) is 31.7. The number of fused-ring (bicyclic) bond motifs is 4. The van der Waals surface area contributed by atoms with Gasteiger partial charge in [-0.25, -0.2) is 0 Å². The van der Waals surface area contributed by atoms with Crippen molar-refractivity contribution in [1.82, 2.24) is 0 Å². The number of benzene rings is 4. The van der Waals surface area contributed by atoms with Crippen molar-refractivity contribution < 1.29 is 20.8 Å². The Morgan fingerprint density at radius 3 is 2.07 bits per heavy atom. The Bertz CT molecular complexity index is 1600. The van der Waals surface area contributed by atoms with Crippen LogP contribution in [0.5, 0.6) is 0 Å². The average molecular weight is 701 g/mol. The standard InChI is InChI=1S/C27H35.C12H7Si.2ClH.Zr/c1-9-19-12-20-10-11-25(27(6,7)8)26(24(20)13-19)23-15-21(17(2)3)14-22(16-23)18(4)5;1-3-7-11-9(5-1)10-6-2-4-8-12(10)13-11;;;/h10-18H,9H2,1-8H3;1-7H;2*1H;/q2*-1;;;+4/p-2. The second-order valence-corrected chi connectivity index (χ2v) is 17.9. The van der Waals surface area contributed by atoms with E-state index in [4.69, 9.17) is 17.0 Å². The van der Waals surface area contributed by atoms with Crippen LogP contribution in [0.2, 0.25) is 0 Å². The Morgan fingerprint density at radius 1 is 0.837 bits per heavy atom. The minimum Gasteiger partial charge on any atom is -0.184 e. The fourth-order valence-corrected chi connectivity index (χ4v) is 7.01. The van der Waals surface area contributed by atoms with Crippen molar-refractivity contribution >= 4 is 47.7 Å².